The molecule has 1 aromatic carbocycles. The van der Waals surface area contributed by atoms with Gasteiger partial charge in [0.15, 0.2) is 0 Å². The van der Waals surface area contributed by atoms with Crippen molar-refractivity contribution < 1.29 is 19.4 Å². The van der Waals surface area contributed by atoms with Crippen molar-refractivity contribution in [3.05, 3.63) is 28.8 Å². The molecule has 5 nitrogen and oxygen atoms in total. The van der Waals surface area contributed by atoms with Crippen molar-refractivity contribution in [3.63, 3.8) is 0 Å². The van der Waals surface area contributed by atoms with Crippen LogP contribution in [0.4, 0.5) is 0 Å². The monoisotopic (exact) mass is 251 g/mol. The maximum Gasteiger partial charge on any atom is 0.322 e. The van der Waals surface area contributed by atoms with Crippen LogP contribution in [0.1, 0.15) is 16.7 Å². The largest absolute Gasteiger partial charge is 0.497 e. The Hall–Kier alpha value is -2.04. The number of hydrogen-bond donors (Lipinski definition) is 2. The lowest BCUT2D eigenvalue weighted by molar-refractivity contribution is -0.137. The number of hydrogen-bond acceptors (Lipinski definition) is 3. The van der Waals surface area contributed by atoms with E-state index in [1.54, 1.807) is 7.11 Å². The molecule has 0 aliphatic carbocycles. The summed E-state index contributed by atoms with van der Waals surface area (Å²) >= 11 is 0. The van der Waals surface area contributed by atoms with Crippen molar-refractivity contribution in [3.8, 4) is 5.75 Å². The number of benzene rings is 1. The fraction of sp³-hybridized carbons (Fsp3) is 0.385. The van der Waals surface area contributed by atoms with Crippen molar-refractivity contribution in [2.75, 3.05) is 13.7 Å². The van der Waals surface area contributed by atoms with Gasteiger partial charge in [-0.2, -0.15) is 0 Å². The number of carbonyl (C=O) groups is 2. The average molecular weight is 251 g/mol. The summed E-state index contributed by atoms with van der Waals surface area (Å²) in [4.78, 5) is 21.9. The van der Waals surface area contributed by atoms with E-state index in [0.717, 1.165) is 22.4 Å². The van der Waals surface area contributed by atoms with E-state index in [1.165, 1.54) is 0 Å². The van der Waals surface area contributed by atoms with Crippen LogP contribution in [0.15, 0.2) is 12.1 Å². The Bertz CT molecular complexity index is 445. The van der Waals surface area contributed by atoms with E-state index in [4.69, 9.17) is 9.84 Å². The molecule has 0 saturated carbocycles. The number of rotatable bonds is 5. The molecule has 5 heteroatoms. The maximum absolute atomic E-state index is 11.6. The molecule has 1 amide bonds. The van der Waals surface area contributed by atoms with Gasteiger partial charge in [-0.05, 0) is 42.7 Å². The van der Waals surface area contributed by atoms with Gasteiger partial charge in [0.05, 0.1) is 13.5 Å². The fourth-order valence-corrected chi connectivity index (χ4v) is 1.75. The van der Waals surface area contributed by atoms with Crippen LogP contribution < -0.4 is 10.1 Å². The summed E-state index contributed by atoms with van der Waals surface area (Å²) in [5.74, 6) is -0.597. The molecule has 98 valence electrons. The van der Waals surface area contributed by atoms with Gasteiger partial charge in [0.2, 0.25) is 5.91 Å². The molecule has 1 rings (SSSR count). The van der Waals surface area contributed by atoms with Crippen molar-refractivity contribution in [2.45, 2.75) is 20.3 Å². The molecule has 0 heterocycles. The molecule has 0 unspecified atom stereocenters. The van der Waals surface area contributed by atoms with Crippen LogP contribution in [0.5, 0.6) is 5.75 Å². The highest BCUT2D eigenvalue weighted by atomic mass is 16.5. The highest BCUT2D eigenvalue weighted by Gasteiger charge is 2.11. The predicted octanol–water partition coefficient (Wildman–Crippen LogP) is 1.06. The van der Waals surface area contributed by atoms with Crippen molar-refractivity contribution in [1.29, 1.82) is 0 Å². The molecule has 18 heavy (non-hydrogen) atoms. The van der Waals surface area contributed by atoms with Crippen LogP contribution in [0, 0.1) is 13.8 Å². The molecule has 0 atom stereocenters. The SMILES string of the molecule is COc1cc(C)c(CC(=O)NCC(=O)O)c(C)c1. The van der Waals surface area contributed by atoms with Gasteiger partial charge < -0.3 is 15.2 Å². The number of carboxylic acid groups (broad SMARTS) is 1. The molecule has 2 N–H and O–H groups in total. The number of carboxylic acids is 1. The number of nitrogens with one attached hydrogen (secondary N) is 1. The van der Waals surface area contributed by atoms with Crippen molar-refractivity contribution in [2.24, 2.45) is 0 Å². The molecule has 0 radical (unpaired) electrons. The second-order valence-corrected chi connectivity index (χ2v) is 4.09. The van der Waals surface area contributed by atoms with Gasteiger partial charge in [-0.15, -0.1) is 0 Å². The minimum Gasteiger partial charge on any atom is -0.497 e. The fourth-order valence-electron chi connectivity index (χ4n) is 1.75. The summed E-state index contributed by atoms with van der Waals surface area (Å²) in [6.07, 6.45) is 0.176. The lowest BCUT2D eigenvalue weighted by Gasteiger charge is -2.11. The molecule has 0 bridgehead atoms. The molecule has 0 aromatic heterocycles. The van der Waals surface area contributed by atoms with Crippen LogP contribution in [0.3, 0.4) is 0 Å². The van der Waals surface area contributed by atoms with Crippen molar-refractivity contribution >= 4 is 11.9 Å². The van der Waals surface area contributed by atoms with Crippen LogP contribution in [0.25, 0.3) is 0 Å². The van der Waals surface area contributed by atoms with E-state index in [9.17, 15) is 9.59 Å². The van der Waals surface area contributed by atoms with E-state index >= 15 is 0 Å². The summed E-state index contributed by atoms with van der Waals surface area (Å²) in [6.45, 7) is 3.44. The Labute approximate surface area is 106 Å². The Morgan fingerprint density at radius 2 is 1.83 bits per heavy atom. The Morgan fingerprint density at radius 3 is 2.28 bits per heavy atom. The Kier molecular flexibility index (Phi) is 4.71. The van der Waals surface area contributed by atoms with E-state index in [2.05, 4.69) is 5.32 Å². The zero-order chi connectivity index (χ0) is 13.7. The van der Waals surface area contributed by atoms with Crippen LogP contribution >= 0.6 is 0 Å². The zero-order valence-corrected chi connectivity index (χ0v) is 10.7. The number of methoxy groups -OCH3 is 1. The Balaban J connectivity index is 2.78. The lowest BCUT2D eigenvalue weighted by Crippen LogP contribution is -2.30. The zero-order valence-electron chi connectivity index (χ0n) is 10.7. The highest BCUT2D eigenvalue weighted by molar-refractivity contribution is 5.83. The van der Waals surface area contributed by atoms with E-state index < -0.39 is 5.97 Å². The highest BCUT2D eigenvalue weighted by Crippen LogP contribution is 2.21. The first kappa shape index (κ1) is 14.0. The summed E-state index contributed by atoms with van der Waals surface area (Å²) in [6, 6.07) is 3.71. The number of carbonyl (C=O) groups excluding carboxylic acids is 1. The van der Waals surface area contributed by atoms with E-state index in [0.29, 0.717) is 0 Å². The molecule has 0 spiro atoms. The minimum absolute atomic E-state index is 0.176. The first-order valence-electron chi connectivity index (χ1n) is 5.56. The minimum atomic E-state index is -1.05. The van der Waals surface area contributed by atoms with Gasteiger partial charge in [0.25, 0.3) is 0 Å². The number of aryl methyl sites for hydroxylation is 2. The van der Waals surface area contributed by atoms with Crippen LogP contribution in [-0.4, -0.2) is 30.6 Å². The van der Waals surface area contributed by atoms with Crippen LogP contribution in [-0.2, 0) is 16.0 Å². The average Bonchev–Trinajstić information content (AvgIpc) is 2.30. The molecular formula is C13H17NO4. The van der Waals surface area contributed by atoms with Gasteiger partial charge >= 0.3 is 5.97 Å². The summed E-state index contributed by atoms with van der Waals surface area (Å²) < 4.78 is 5.14. The smallest absolute Gasteiger partial charge is 0.322 e. The van der Waals surface area contributed by atoms with Gasteiger partial charge in [-0.1, -0.05) is 0 Å². The normalized spacial score (nSPS) is 9.94. The van der Waals surface area contributed by atoms with Gasteiger partial charge in [0.1, 0.15) is 12.3 Å². The molecule has 0 saturated heterocycles. The Morgan fingerprint density at radius 1 is 1.28 bits per heavy atom. The molecular weight excluding hydrogens is 234 g/mol. The molecule has 0 aliphatic rings. The third-order valence-corrected chi connectivity index (χ3v) is 2.68. The number of amides is 1. The van der Waals surface area contributed by atoms with Crippen molar-refractivity contribution in [1.82, 2.24) is 5.32 Å². The third-order valence-electron chi connectivity index (χ3n) is 2.68. The summed E-state index contributed by atoms with van der Waals surface area (Å²) in [7, 11) is 1.59. The van der Waals surface area contributed by atoms with E-state index in [-0.39, 0.29) is 18.9 Å². The lowest BCUT2D eigenvalue weighted by atomic mass is 9.99. The maximum atomic E-state index is 11.6. The third kappa shape index (κ3) is 3.76. The number of ether oxygens (including phenoxy) is 1. The molecule has 0 aliphatic heterocycles. The second kappa shape index (κ2) is 6.05. The van der Waals surface area contributed by atoms with E-state index in [1.807, 2.05) is 26.0 Å². The topological polar surface area (TPSA) is 75.6 Å². The second-order valence-electron chi connectivity index (χ2n) is 4.09. The molecule has 0 fully saturated rings. The first-order valence-corrected chi connectivity index (χ1v) is 5.56. The first-order chi connectivity index (χ1) is 8.43. The van der Waals surface area contributed by atoms with Gasteiger partial charge in [0, 0.05) is 0 Å². The summed E-state index contributed by atoms with van der Waals surface area (Å²) in [5.41, 5.74) is 2.81. The van der Waals surface area contributed by atoms with Gasteiger partial charge in [-0.25, -0.2) is 0 Å². The standard InChI is InChI=1S/C13H17NO4/c1-8-4-10(18-3)5-9(2)11(8)6-12(15)14-7-13(16)17/h4-5H,6-7H2,1-3H3,(H,14,15)(H,16,17). The number of aliphatic carboxylic acids is 1. The molecule has 1 aromatic rings. The van der Waals surface area contributed by atoms with Crippen LogP contribution in [0.2, 0.25) is 0 Å². The van der Waals surface area contributed by atoms with Gasteiger partial charge in [-0.3, -0.25) is 9.59 Å². The summed E-state index contributed by atoms with van der Waals surface area (Å²) in [5, 5.41) is 10.8. The predicted molar refractivity (Wildman–Crippen MR) is 66.8 cm³/mol. The quantitative estimate of drug-likeness (QED) is 0.820.